The minimum absolute atomic E-state index is 0.00469. The number of fused-ring (bicyclic) bond motifs is 3. The van der Waals surface area contributed by atoms with Crippen LogP contribution in [-0.2, 0) is 17.4 Å². The second-order valence-electron chi connectivity index (χ2n) is 11.0. The molecule has 0 amide bonds. The number of alkyl halides is 6. The molecule has 2 aromatic rings. The van der Waals surface area contributed by atoms with Gasteiger partial charge in [0.2, 0.25) is 0 Å². The zero-order chi connectivity index (χ0) is 27.2. The van der Waals surface area contributed by atoms with E-state index in [1.54, 1.807) is 18.2 Å². The molecule has 3 aliphatic rings. The van der Waals surface area contributed by atoms with Crippen LogP contribution in [0.3, 0.4) is 0 Å². The molecule has 2 saturated heterocycles. The lowest BCUT2D eigenvalue weighted by molar-refractivity contribution is -0.185. The first-order valence-corrected chi connectivity index (χ1v) is 13.2. The number of aliphatic carboxylic acids is 1. The summed E-state index contributed by atoms with van der Waals surface area (Å²) in [5.74, 6) is -2.82. The van der Waals surface area contributed by atoms with Crippen LogP contribution in [0, 0.1) is 11.8 Å². The van der Waals surface area contributed by atoms with Crippen molar-refractivity contribution in [2.24, 2.45) is 11.8 Å². The number of halogens is 6. The van der Waals surface area contributed by atoms with Crippen LogP contribution in [0.1, 0.15) is 62.5 Å². The highest BCUT2D eigenvalue weighted by molar-refractivity contribution is 5.89. The average Bonchev–Trinajstić information content (AvgIpc) is 3.07. The van der Waals surface area contributed by atoms with E-state index >= 15 is 0 Å². The van der Waals surface area contributed by atoms with Gasteiger partial charge in [0.05, 0.1) is 17.9 Å². The summed E-state index contributed by atoms with van der Waals surface area (Å²) in [6.45, 7) is 0.723. The van der Waals surface area contributed by atoms with Gasteiger partial charge in [0.15, 0.2) is 0 Å². The molecule has 2 bridgehead atoms. The smallest absolute Gasteiger partial charge is 0.420 e. The Kier molecular flexibility index (Phi) is 7.30. The maximum absolute atomic E-state index is 14.1. The van der Waals surface area contributed by atoms with Crippen LogP contribution in [-0.4, -0.2) is 46.9 Å². The van der Waals surface area contributed by atoms with E-state index in [-0.39, 0.29) is 54.8 Å². The number of benzene rings is 2. The van der Waals surface area contributed by atoms with E-state index in [0.29, 0.717) is 24.6 Å². The van der Waals surface area contributed by atoms with Crippen LogP contribution in [0.4, 0.5) is 26.3 Å². The van der Waals surface area contributed by atoms with Gasteiger partial charge in [0.1, 0.15) is 11.3 Å². The van der Waals surface area contributed by atoms with Crippen LogP contribution in [0.5, 0.6) is 5.75 Å². The molecule has 2 aromatic carbocycles. The van der Waals surface area contributed by atoms with Gasteiger partial charge in [-0.25, -0.2) is 0 Å². The molecule has 2 aliphatic heterocycles. The highest BCUT2D eigenvalue weighted by atomic mass is 19.4. The first-order valence-electron chi connectivity index (χ1n) is 13.2. The van der Waals surface area contributed by atoms with Crippen molar-refractivity contribution >= 4 is 16.7 Å². The lowest BCUT2D eigenvalue weighted by atomic mass is 9.87. The summed E-state index contributed by atoms with van der Waals surface area (Å²) in [6, 6.07) is 8.20. The highest BCUT2D eigenvalue weighted by Gasteiger charge is 2.44. The van der Waals surface area contributed by atoms with Gasteiger partial charge in [0.25, 0.3) is 0 Å². The molecule has 5 rings (SSSR count). The molecule has 1 N–H and O–H groups in total. The first-order chi connectivity index (χ1) is 17.9. The van der Waals surface area contributed by atoms with E-state index in [2.05, 4.69) is 4.90 Å². The Morgan fingerprint density at radius 3 is 2.16 bits per heavy atom. The van der Waals surface area contributed by atoms with Gasteiger partial charge in [-0.05, 0) is 80.2 Å². The number of ether oxygens (including phenoxy) is 1. The predicted molar refractivity (Wildman–Crippen MR) is 129 cm³/mol. The molecule has 0 spiro atoms. The normalized spacial score (nSPS) is 28.5. The molecule has 0 radical (unpaired) electrons. The summed E-state index contributed by atoms with van der Waals surface area (Å²) in [6.07, 6.45) is -5.99. The Morgan fingerprint density at radius 2 is 1.58 bits per heavy atom. The minimum Gasteiger partial charge on any atom is -0.490 e. The fraction of sp³-hybridized carbons (Fsp3) is 0.607. The Labute approximate surface area is 216 Å². The minimum atomic E-state index is -4.69. The van der Waals surface area contributed by atoms with Gasteiger partial charge >= 0.3 is 18.3 Å². The molecular weight excluding hydrogens is 512 g/mol. The molecule has 1 aliphatic carbocycles. The van der Waals surface area contributed by atoms with E-state index in [4.69, 9.17) is 4.74 Å². The quantitative estimate of drug-likeness (QED) is 0.391. The number of hydrogen-bond donors (Lipinski definition) is 1. The molecule has 0 aromatic heterocycles. The number of hydrogen-bond acceptors (Lipinski definition) is 3. The molecule has 10 heteroatoms. The Balaban J connectivity index is 1.30. The maximum atomic E-state index is 14.1. The van der Waals surface area contributed by atoms with Crippen molar-refractivity contribution in [3.05, 3.63) is 41.5 Å². The lowest BCUT2D eigenvalue weighted by Gasteiger charge is -2.37. The monoisotopic (exact) mass is 543 g/mol. The number of rotatable bonds is 6. The van der Waals surface area contributed by atoms with Crippen molar-refractivity contribution < 1.29 is 41.0 Å². The van der Waals surface area contributed by atoms with E-state index in [1.807, 2.05) is 0 Å². The first kappa shape index (κ1) is 27.1. The summed E-state index contributed by atoms with van der Waals surface area (Å²) in [5.41, 5.74) is -0.00203. The fourth-order valence-electron chi connectivity index (χ4n) is 6.69. The molecule has 2 heterocycles. The summed E-state index contributed by atoms with van der Waals surface area (Å²) in [5, 5.41) is 9.81. The highest BCUT2D eigenvalue weighted by Crippen LogP contribution is 2.44. The number of piperidine rings is 1. The zero-order valence-corrected chi connectivity index (χ0v) is 20.8. The van der Waals surface area contributed by atoms with Crippen molar-refractivity contribution in [2.45, 2.75) is 88.3 Å². The van der Waals surface area contributed by atoms with E-state index < -0.39 is 35.9 Å². The summed E-state index contributed by atoms with van der Waals surface area (Å²) < 4.78 is 87.0. The molecule has 3 fully saturated rings. The predicted octanol–water partition coefficient (Wildman–Crippen LogP) is 7.23. The summed E-state index contributed by atoms with van der Waals surface area (Å²) >= 11 is 0. The van der Waals surface area contributed by atoms with Crippen molar-refractivity contribution in [1.82, 2.24) is 4.90 Å². The van der Waals surface area contributed by atoms with Crippen LogP contribution >= 0.6 is 0 Å². The van der Waals surface area contributed by atoms with Gasteiger partial charge in [0, 0.05) is 18.6 Å². The second-order valence-corrected chi connectivity index (χ2v) is 11.0. The fourth-order valence-corrected chi connectivity index (χ4v) is 6.69. The van der Waals surface area contributed by atoms with Crippen molar-refractivity contribution in [2.75, 3.05) is 6.54 Å². The number of carbonyl (C=O) groups is 1. The molecule has 4 nitrogen and oxygen atoms in total. The molecule has 2 unspecified atom stereocenters. The van der Waals surface area contributed by atoms with Gasteiger partial charge in [-0.2, -0.15) is 26.3 Å². The van der Waals surface area contributed by atoms with Crippen molar-refractivity contribution in [3.8, 4) is 5.75 Å². The van der Waals surface area contributed by atoms with Gasteiger partial charge < -0.3 is 9.84 Å². The standard InChI is InChI=1S/C28H31F6NO3/c29-27(30,31)19-3-7-22(8-4-19)38-24-10-2-17-13-16(1-9-23(17)25(24)28(32,33)34)11-12-35-20-5-6-21(35)15-18(14-20)26(36)37/h1-2,9-10,13,18-22H,3-8,11-12,14-15H2,(H,36,37). The number of nitrogens with zero attached hydrogens (tertiary/aromatic N) is 1. The lowest BCUT2D eigenvalue weighted by Crippen LogP contribution is -2.45. The third kappa shape index (κ3) is 5.60. The van der Waals surface area contributed by atoms with Crippen molar-refractivity contribution in [3.63, 3.8) is 0 Å². The van der Waals surface area contributed by atoms with Crippen LogP contribution < -0.4 is 4.74 Å². The van der Waals surface area contributed by atoms with Crippen LogP contribution in [0.25, 0.3) is 10.8 Å². The Bertz CT molecular complexity index is 1160. The number of carboxylic acids is 1. The molecular formula is C28H31F6NO3. The second kappa shape index (κ2) is 10.2. The third-order valence-electron chi connectivity index (χ3n) is 8.65. The maximum Gasteiger partial charge on any atom is 0.420 e. The largest absolute Gasteiger partial charge is 0.490 e. The SMILES string of the molecule is O=C(O)C1CC2CCC(C1)N2CCc1ccc2c(C(F)(F)F)c(OC3CCC(C(F)(F)F)CC3)ccc2c1. The van der Waals surface area contributed by atoms with E-state index in [0.717, 1.165) is 24.9 Å². The number of carboxylic acid groups (broad SMARTS) is 1. The van der Waals surface area contributed by atoms with Gasteiger partial charge in [-0.3, -0.25) is 9.69 Å². The van der Waals surface area contributed by atoms with Gasteiger partial charge in [-0.1, -0.05) is 24.3 Å². The zero-order valence-electron chi connectivity index (χ0n) is 20.8. The van der Waals surface area contributed by atoms with Crippen LogP contribution in [0.2, 0.25) is 0 Å². The van der Waals surface area contributed by atoms with Crippen molar-refractivity contribution in [1.29, 1.82) is 0 Å². The van der Waals surface area contributed by atoms with Crippen LogP contribution in [0.15, 0.2) is 30.3 Å². The molecule has 38 heavy (non-hydrogen) atoms. The van der Waals surface area contributed by atoms with Gasteiger partial charge in [-0.15, -0.1) is 0 Å². The Morgan fingerprint density at radius 1 is 0.921 bits per heavy atom. The Hall–Kier alpha value is -2.49. The van der Waals surface area contributed by atoms with E-state index in [9.17, 15) is 36.2 Å². The third-order valence-corrected chi connectivity index (χ3v) is 8.65. The molecule has 208 valence electrons. The summed E-state index contributed by atoms with van der Waals surface area (Å²) in [7, 11) is 0. The summed E-state index contributed by atoms with van der Waals surface area (Å²) in [4.78, 5) is 13.8. The average molecular weight is 544 g/mol. The topological polar surface area (TPSA) is 49.8 Å². The van der Waals surface area contributed by atoms with E-state index in [1.165, 1.54) is 12.1 Å². The molecule has 1 saturated carbocycles. The molecule has 2 atom stereocenters.